The minimum Gasteiger partial charge on any atom is -0.300 e. The van der Waals surface area contributed by atoms with Gasteiger partial charge < -0.3 is 0 Å². The molecule has 2 nitrogen and oxygen atoms in total. The summed E-state index contributed by atoms with van der Waals surface area (Å²) in [5.41, 5.74) is 1.21. The monoisotopic (exact) mass is 236 g/mol. The van der Waals surface area contributed by atoms with Crippen LogP contribution in [-0.4, -0.2) is 18.5 Å². The summed E-state index contributed by atoms with van der Waals surface area (Å²) in [6.45, 7) is 3.08. The van der Waals surface area contributed by atoms with Gasteiger partial charge in [0.1, 0.15) is 0 Å². The van der Waals surface area contributed by atoms with E-state index in [1.165, 1.54) is 5.56 Å². The lowest BCUT2D eigenvalue weighted by atomic mass is 10.1. The topological polar surface area (TPSA) is 27.0 Å². The zero-order chi connectivity index (χ0) is 12.0. The van der Waals surface area contributed by atoms with Crippen molar-refractivity contribution in [2.24, 2.45) is 0 Å². The molecule has 0 radical (unpaired) electrons. The maximum Gasteiger partial charge on any atom is 0.0622 e. The molecule has 0 fully saturated rings. The van der Waals surface area contributed by atoms with Gasteiger partial charge in [-0.1, -0.05) is 23.7 Å². The second-order valence-electron chi connectivity index (χ2n) is 3.97. The zero-order valence-electron chi connectivity index (χ0n) is 9.78. The van der Waals surface area contributed by atoms with Crippen LogP contribution in [0.15, 0.2) is 24.3 Å². The van der Waals surface area contributed by atoms with Crippen LogP contribution in [0, 0.1) is 11.3 Å². The summed E-state index contributed by atoms with van der Waals surface area (Å²) in [5, 5.41) is 9.26. The predicted molar refractivity (Wildman–Crippen MR) is 67.3 cm³/mol. The quantitative estimate of drug-likeness (QED) is 0.730. The Hall–Kier alpha value is -1.04. The van der Waals surface area contributed by atoms with Crippen LogP contribution in [0.3, 0.4) is 0 Å². The lowest BCUT2D eigenvalue weighted by Crippen LogP contribution is -2.23. The molecule has 0 bridgehead atoms. The van der Waals surface area contributed by atoms with E-state index in [0.29, 0.717) is 12.5 Å². The highest BCUT2D eigenvalue weighted by atomic mass is 35.5. The molecule has 0 amide bonds. The summed E-state index contributed by atoms with van der Waals surface area (Å²) in [6, 6.07) is 10.4. The normalized spacial score (nSPS) is 12.4. The summed E-state index contributed by atoms with van der Waals surface area (Å²) in [6.07, 6.45) is 1.53. The van der Waals surface area contributed by atoms with E-state index in [1.54, 1.807) is 0 Å². The molecule has 0 aliphatic heterocycles. The number of rotatable bonds is 5. The molecule has 86 valence electrons. The van der Waals surface area contributed by atoms with Gasteiger partial charge in [-0.25, -0.2) is 0 Å². The number of halogens is 1. The third kappa shape index (κ3) is 3.84. The lowest BCUT2D eigenvalue weighted by Gasteiger charge is -2.24. The van der Waals surface area contributed by atoms with E-state index in [2.05, 4.69) is 31.0 Å². The van der Waals surface area contributed by atoms with Gasteiger partial charge in [-0.3, -0.25) is 4.90 Å². The van der Waals surface area contributed by atoms with Crippen LogP contribution < -0.4 is 0 Å². The highest BCUT2D eigenvalue weighted by Crippen LogP contribution is 2.21. The van der Waals surface area contributed by atoms with Crippen molar-refractivity contribution in [3.8, 4) is 6.07 Å². The molecular weight excluding hydrogens is 220 g/mol. The first-order valence-electron chi connectivity index (χ1n) is 5.48. The number of unbranched alkanes of at least 4 members (excludes halogenated alkanes) is 1. The molecule has 0 aliphatic rings. The van der Waals surface area contributed by atoms with Gasteiger partial charge >= 0.3 is 0 Å². The molecule has 1 unspecified atom stereocenters. The Morgan fingerprint density at radius 3 is 2.88 bits per heavy atom. The molecule has 0 heterocycles. The van der Waals surface area contributed by atoms with E-state index in [4.69, 9.17) is 16.9 Å². The first-order chi connectivity index (χ1) is 7.65. The highest BCUT2D eigenvalue weighted by Gasteiger charge is 2.10. The van der Waals surface area contributed by atoms with Crippen molar-refractivity contribution >= 4 is 11.6 Å². The molecule has 1 atom stereocenters. The van der Waals surface area contributed by atoms with Crippen molar-refractivity contribution in [1.82, 2.24) is 4.90 Å². The molecule has 0 saturated carbocycles. The van der Waals surface area contributed by atoms with E-state index < -0.39 is 0 Å². The number of nitriles is 1. The number of hydrogen-bond acceptors (Lipinski definition) is 2. The van der Waals surface area contributed by atoms with Crippen LogP contribution in [0.1, 0.15) is 31.4 Å². The smallest absolute Gasteiger partial charge is 0.0622 e. The average molecular weight is 237 g/mol. The number of benzene rings is 1. The van der Waals surface area contributed by atoms with E-state index in [-0.39, 0.29) is 0 Å². The second kappa shape index (κ2) is 6.52. The largest absolute Gasteiger partial charge is 0.300 e. The van der Waals surface area contributed by atoms with Gasteiger partial charge in [0.25, 0.3) is 0 Å². The Bertz CT molecular complexity index is 370. The molecular formula is C13H17ClN2. The Balaban J connectivity index is 2.56. The van der Waals surface area contributed by atoms with Gasteiger partial charge in [0, 0.05) is 17.5 Å². The van der Waals surface area contributed by atoms with Crippen LogP contribution in [0.4, 0.5) is 0 Å². The van der Waals surface area contributed by atoms with Crippen LogP contribution in [0.5, 0.6) is 0 Å². The average Bonchev–Trinajstić information content (AvgIpc) is 2.28. The number of hydrogen-bond donors (Lipinski definition) is 0. The summed E-state index contributed by atoms with van der Waals surface area (Å²) in [4.78, 5) is 2.24. The van der Waals surface area contributed by atoms with E-state index in [0.717, 1.165) is 18.0 Å². The third-order valence-corrected chi connectivity index (χ3v) is 3.03. The molecule has 0 spiro atoms. The molecule has 1 rings (SSSR count). The molecule has 0 aromatic heterocycles. The standard InChI is InChI=1S/C13H17ClN2/c1-11(16(2)9-4-3-8-15)12-6-5-7-13(14)10-12/h5-7,10-11H,3-4,9H2,1-2H3. The summed E-state index contributed by atoms with van der Waals surface area (Å²) in [5.74, 6) is 0. The molecule has 1 aromatic carbocycles. The zero-order valence-corrected chi connectivity index (χ0v) is 10.5. The summed E-state index contributed by atoms with van der Waals surface area (Å²) >= 11 is 5.96. The molecule has 1 aromatic rings. The molecule has 0 aliphatic carbocycles. The van der Waals surface area contributed by atoms with Crippen LogP contribution in [-0.2, 0) is 0 Å². The van der Waals surface area contributed by atoms with Crippen molar-refractivity contribution in [3.63, 3.8) is 0 Å². The van der Waals surface area contributed by atoms with E-state index >= 15 is 0 Å². The van der Waals surface area contributed by atoms with Gasteiger partial charge in [-0.05, 0) is 44.6 Å². The van der Waals surface area contributed by atoms with Crippen molar-refractivity contribution in [2.75, 3.05) is 13.6 Å². The Kier molecular flexibility index (Phi) is 5.31. The maximum atomic E-state index is 8.49. The van der Waals surface area contributed by atoms with Gasteiger partial charge in [-0.2, -0.15) is 5.26 Å². The van der Waals surface area contributed by atoms with Gasteiger partial charge in [0.05, 0.1) is 6.07 Å². The Morgan fingerprint density at radius 2 is 2.25 bits per heavy atom. The van der Waals surface area contributed by atoms with Crippen molar-refractivity contribution in [2.45, 2.75) is 25.8 Å². The fourth-order valence-electron chi connectivity index (χ4n) is 1.62. The lowest BCUT2D eigenvalue weighted by molar-refractivity contribution is 0.259. The fourth-order valence-corrected chi connectivity index (χ4v) is 1.82. The first kappa shape index (κ1) is 13.0. The van der Waals surface area contributed by atoms with E-state index in [1.807, 2.05) is 18.2 Å². The van der Waals surface area contributed by atoms with Crippen molar-refractivity contribution in [3.05, 3.63) is 34.9 Å². The van der Waals surface area contributed by atoms with Crippen molar-refractivity contribution < 1.29 is 0 Å². The van der Waals surface area contributed by atoms with Crippen molar-refractivity contribution in [1.29, 1.82) is 5.26 Å². The Labute approximate surface area is 102 Å². The van der Waals surface area contributed by atoms with Crippen LogP contribution >= 0.6 is 11.6 Å². The SMILES string of the molecule is CC(c1cccc(Cl)c1)N(C)CCCC#N. The van der Waals surface area contributed by atoms with Gasteiger partial charge in [0.2, 0.25) is 0 Å². The fraction of sp³-hybridized carbons (Fsp3) is 0.462. The maximum absolute atomic E-state index is 8.49. The van der Waals surface area contributed by atoms with Crippen LogP contribution in [0.25, 0.3) is 0 Å². The molecule has 16 heavy (non-hydrogen) atoms. The van der Waals surface area contributed by atoms with E-state index in [9.17, 15) is 0 Å². The summed E-state index contributed by atoms with van der Waals surface area (Å²) in [7, 11) is 2.07. The van der Waals surface area contributed by atoms with Crippen LogP contribution in [0.2, 0.25) is 5.02 Å². The predicted octanol–water partition coefficient (Wildman–Crippen LogP) is 3.64. The minimum atomic E-state index is 0.331. The van der Waals surface area contributed by atoms with Gasteiger partial charge in [0.15, 0.2) is 0 Å². The molecule has 3 heteroatoms. The first-order valence-corrected chi connectivity index (χ1v) is 5.85. The second-order valence-corrected chi connectivity index (χ2v) is 4.41. The van der Waals surface area contributed by atoms with Gasteiger partial charge in [-0.15, -0.1) is 0 Å². The Morgan fingerprint density at radius 1 is 1.50 bits per heavy atom. The minimum absolute atomic E-state index is 0.331. The third-order valence-electron chi connectivity index (χ3n) is 2.79. The molecule has 0 N–H and O–H groups in total. The molecule has 0 saturated heterocycles. The summed E-state index contributed by atoms with van der Waals surface area (Å²) < 4.78 is 0. The highest BCUT2D eigenvalue weighted by molar-refractivity contribution is 6.30. The number of nitrogens with zero attached hydrogens (tertiary/aromatic N) is 2.